The number of aliphatic carboxylic acids is 1. The van der Waals surface area contributed by atoms with Crippen LogP contribution in [0.2, 0.25) is 0 Å². The molecule has 20 heavy (non-hydrogen) atoms. The van der Waals surface area contributed by atoms with Crippen molar-refractivity contribution >= 4 is 32.6 Å². The van der Waals surface area contributed by atoms with E-state index in [0.29, 0.717) is 25.1 Å². The number of aryl methyl sites for hydroxylation is 1. The van der Waals surface area contributed by atoms with Crippen molar-refractivity contribution in [2.45, 2.75) is 33.1 Å². The molecule has 0 spiro atoms. The summed E-state index contributed by atoms with van der Waals surface area (Å²) in [4.78, 5) is 14.5. The number of thiazole rings is 1. The van der Waals surface area contributed by atoms with Gasteiger partial charge in [-0.15, -0.1) is 11.3 Å². The van der Waals surface area contributed by atoms with E-state index in [4.69, 9.17) is 5.11 Å². The van der Waals surface area contributed by atoms with Gasteiger partial charge in [-0.05, 0) is 18.8 Å². The molecule has 0 saturated carbocycles. The molecule has 0 aliphatic carbocycles. The zero-order valence-corrected chi connectivity index (χ0v) is 13.1. The summed E-state index contributed by atoms with van der Waals surface area (Å²) in [6.45, 7) is 4.17. The standard InChI is InChI=1S/C11H19N3O4S2/c1-8(2)6-12-20(17,18)14-11-13-9(7-19-11)4-3-5-10(15)16/h7-8,12H,3-6H2,1-2H3,(H,13,14)(H,15,16). The molecule has 1 aromatic rings. The average molecular weight is 321 g/mol. The molecule has 0 saturated heterocycles. The number of carboxylic acids is 1. The summed E-state index contributed by atoms with van der Waals surface area (Å²) < 4.78 is 28.1. The fourth-order valence-corrected chi connectivity index (χ4v) is 3.33. The molecule has 1 aromatic heterocycles. The number of nitrogens with zero attached hydrogens (tertiary/aromatic N) is 1. The fourth-order valence-electron chi connectivity index (χ4n) is 1.32. The molecule has 7 nitrogen and oxygen atoms in total. The van der Waals surface area contributed by atoms with Crippen LogP contribution >= 0.6 is 11.3 Å². The number of carbonyl (C=O) groups is 1. The number of hydrogen-bond donors (Lipinski definition) is 3. The van der Waals surface area contributed by atoms with Gasteiger partial charge in [0.1, 0.15) is 0 Å². The third-order valence-corrected chi connectivity index (χ3v) is 4.22. The second-order valence-corrected chi connectivity index (χ2v) is 7.10. The van der Waals surface area contributed by atoms with Gasteiger partial charge in [0.25, 0.3) is 0 Å². The summed E-state index contributed by atoms with van der Waals surface area (Å²) >= 11 is 1.18. The molecule has 0 radical (unpaired) electrons. The summed E-state index contributed by atoms with van der Waals surface area (Å²) in [7, 11) is -3.60. The maximum Gasteiger partial charge on any atom is 0.303 e. The summed E-state index contributed by atoms with van der Waals surface area (Å²) in [5.41, 5.74) is 0.692. The van der Waals surface area contributed by atoms with E-state index in [1.807, 2.05) is 13.8 Å². The first-order valence-electron chi connectivity index (χ1n) is 6.22. The first-order valence-corrected chi connectivity index (χ1v) is 8.58. The lowest BCUT2D eigenvalue weighted by Crippen LogP contribution is -2.32. The Labute approximate surface area is 122 Å². The highest BCUT2D eigenvalue weighted by Crippen LogP contribution is 2.17. The van der Waals surface area contributed by atoms with E-state index in [1.54, 1.807) is 5.38 Å². The van der Waals surface area contributed by atoms with Crippen LogP contribution in [-0.4, -0.2) is 31.0 Å². The molecule has 0 aliphatic heterocycles. The number of nitrogens with one attached hydrogen (secondary N) is 2. The van der Waals surface area contributed by atoms with Crippen LogP contribution in [0, 0.1) is 5.92 Å². The molecule has 9 heteroatoms. The maximum atomic E-state index is 11.7. The minimum absolute atomic E-state index is 0.0779. The first-order chi connectivity index (χ1) is 9.28. The summed E-state index contributed by atoms with van der Waals surface area (Å²) in [5.74, 6) is -0.631. The van der Waals surface area contributed by atoms with E-state index in [-0.39, 0.29) is 17.5 Å². The van der Waals surface area contributed by atoms with Crippen molar-refractivity contribution in [1.82, 2.24) is 9.71 Å². The van der Waals surface area contributed by atoms with Crippen LogP contribution in [0.5, 0.6) is 0 Å². The Morgan fingerprint density at radius 3 is 2.80 bits per heavy atom. The van der Waals surface area contributed by atoms with Gasteiger partial charge in [0, 0.05) is 18.3 Å². The van der Waals surface area contributed by atoms with Crippen LogP contribution in [0.15, 0.2) is 5.38 Å². The van der Waals surface area contributed by atoms with Crippen LogP contribution in [0.3, 0.4) is 0 Å². The zero-order valence-electron chi connectivity index (χ0n) is 11.4. The van der Waals surface area contributed by atoms with E-state index in [9.17, 15) is 13.2 Å². The van der Waals surface area contributed by atoms with E-state index >= 15 is 0 Å². The van der Waals surface area contributed by atoms with E-state index in [0.717, 1.165) is 0 Å². The minimum Gasteiger partial charge on any atom is -0.481 e. The zero-order chi connectivity index (χ0) is 15.2. The Kier molecular flexibility index (Phi) is 6.37. The maximum absolute atomic E-state index is 11.7. The topological polar surface area (TPSA) is 108 Å². The van der Waals surface area contributed by atoms with Crippen molar-refractivity contribution in [3.8, 4) is 0 Å². The van der Waals surface area contributed by atoms with Crippen LogP contribution < -0.4 is 9.44 Å². The smallest absolute Gasteiger partial charge is 0.303 e. The van der Waals surface area contributed by atoms with Crippen LogP contribution in [0.4, 0.5) is 5.13 Å². The second-order valence-electron chi connectivity index (χ2n) is 4.74. The van der Waals surface area contributed by atoms with Gasteiger partial charge in [0.2, 0.25) is 0 Å². The third kappa shape index (κ3) is 6.83. The molecule has 0 atom stereocenters. The quantitative estimate of drug-likeness (QED) is 0.638. The SMILES string of the molecule is CC(C)CNS(=O)(=O)Nc1nc(CCCC(=O)O)cs1. The lowest BCUT2D eigenvalue weighted by Gasteiger charge is -2.08. The molecule has 114 valence electrons. The average Bonchev–Trinajstić information content (AvgIpc) is 2.73. The van der Waals surface area contributed by atoms with Gasteiger partial charge >= 0.3 is 16.2 Å². The van der Waals surface area contributed by atoms with Crippen molar-refractivity contribution in [2.75, 3.05) is 11.3 Å². The summed E-state index contributed by atoms with van der Waals surface area (Å²) in [5, 5.41) is 10.5. The Hall–Kier alpha value is -1.19. The molecule has 0 unspecified atom stereocenters. The largest absolute Gasteiger partial charge is 0.481 e. The number of hydrogen-bond acceptors (Lipinski definition) is 5. The van der Waals surface area contributed by atoms with Crippen LogP contribution in [0.25, 0.3) is 0 Å². The van der Waals surface area contributed by atoms with Gasteiger partial charge in [-0.3, -0.25) is 4.79 Å². The normalized spacial score (nSPS) is 11.8. The summed E-state index contributed by atoms with van der Waals surface area (Å²) in [6.07, 6.45) is 1.08. The molecule has 1 heterocycles. The lowest BCUT2D eigenvalue weighted by atomic mass is 10.2. The third-order valence-electron chi connectivity index (χ3n) is 2.28. The molecule has 0 aliphatic rings. The lowest BCUT2D eigenvalue weighted by molar-refractivity contribution is -0.137. The van der Waals surface area contributed by atoms with Crippen LogP contribution in [0.1, 0.15) is 32.4 Å². The molecular weight excluding hydrogens is 302 g/mol. The van der Waals surface area contributed by atoms with Crippen molar-refractivity contribution in [3.05, 3.63) is 11.1 Å². The van der Waals surface area contributed by atoms with Gasteiger partial charge in [-0.2, -0.15) is 13.1 Å². The molecular formula is C11H19N3O4S2. The molecule has 0 aromatic carbocycles. The molecule has 0 bridgehead atoms. The highest BCUT2D eigenvalue weighted by molar-refractivity contribution is 7.91. The molecule has 1 rings (SSSR count). The van der Waals surface area contributed by atoms with Crippen molar-refractivity contribution in [3.63, 3.8) is 0 Å². The molecule has 3 N–H and O–H groups in total. The Morgan fingerprint density at radius 2 is 2.20 bits per heavy atom. The Morgan fingerprint density at radius 1 is 1.50 bits per heavy atom. The van der Waals surface area contributed by atoms with Gasteiger partial charge < -0.3 is 5.11 Å². The first kappa shape index (κ1) is 16.9. The second kappa shape index (κ2) is 7.55. The van der Waals surface area contributed by atoms with Gasteiger partial charge in [-0.25, -0.2) is 9.71 Å². The number of carboxylic acid groups (broad SMARTS) is 1. The highest BCUT2D eigenvalue weighted by atomic mass is 32.2. The predicted molar refractivity (Wildman–Crippen MR) is 78.1 cm³/mol. The summed E-state index contributed by atoms with van der Waals surface area (Å²) in [6, 6.07) is 0. The van der Waals surface area contributed by atoms with Gasteiger partial charge in [-0.1, -0.05) is 13.8 Å². The van der Waals surface area contributed by atoms with Crippen LogP contribution in [-0.2, 0) is 21.4 Å². The van der Waals surface area contributed by atoms with Crippen molar-refractivity contribution in [1.29, 1.82) is 0 Å². The number of anilines is 1. The van der Waals surface area contributed by atoms with Gasteiger partial charge in [0.05, 0.1) is 5.69 Å². The Bertz CT molecular complexity index is 540. The number of rotatable bonds is 9. The molecule has 0 amide bonds. The molecule has 0 fully saturated rings. The van der Waals surface area contributed by atoms with E-state index < -0.39 is 16.2 Å². The fraction of sp³-hybridized carbons (Fsp3) is 0.636. The van der Waals surface area contributed by atoms with Crippen molar-refractivity contribution in [2.24, 2.45) is 5.92 Å². The monoisotopic (exact) mass is 321 g/mol. The number of aromatic nitrogens is 1. The van der Waals surface area contributed by atoms with Crippen molar-refractivity contribution < 1.29 is 18.3 Å². The highest BCUT2D eigenvalue weighted by Gasteiger charge is 2.12. The van der Waals surface area contributed by atoms with E-state index in [2.05, 4.69) is 14.4 Å². The van der Waals surface area contributed by atoms with Gasteiger partial charge in [0.15, 0.2) is 5.13 Å². The minimum atomic E-state index is -3.60. The predicted octanol–water partition coefficient (Wildman–Crippen LogP) is 1.45. The Balaban J connectivity index is 2.48. The van der Waals surface area contributed by atoms with E-state index in [1.165, 1.54) is 11.3 Å².